The lowest BCUT2D eigenvalue weighted by atomic mass is 10.2. The van der Waals surface area contributed by atoms with Crippen molar-refractivity contribution in [2.75, 3.05) is 12.4 Å². The van der Waals surface area contributed by atoms with Crippen molar-refractivity contribution in [2.45, 2.75) is 25.7 Å². The number of furan rings is 1. The molecule has 0 saturated heterocycles. The summed E-state index contributed by atoms with van der Waals surface area (Å²) in [4.78, 5) is 0. The van der Waals surface area contributed by atoms with Gasteiger partial charge in [-0.3, -0.25) is 0 Å². The number of rotatable bonds is 4. The van der Waals surface area contributed by atoms with Crippen LogP contribution in [-0.4, -0.2) is 15.2 Å². The summed E-state index contributed by atoms with van der Waals surface area (Å²) in [6.07, 6.45) is 1.67. The van der Waals surface area contributed by atoms with Gasteiger partial charge in [-0.05, 0) is 24.3 Å². The lowest BCUT2D eigenvalue weighted by Crippen LogP contribution is -2.18. The fraction of sp³-hybridized carbons (Fsp3) is 0.294. The number of hydrogen-bond acceptors (Lipinski definition) is 3. The Morgan fingerprint density at radius 2 is 1.90 bits per heavy atom. The molecule has 1 aromatic carbocycles. The summed E-state index contributed by atoms with van der Waals surface area (Å²) in [5.74, 6) is 4.92. The first-order valence-electron chi connectivity index (χ1n) is 6.95. The van der Waals surface area contributed by atoms with Crippen molar-refractivity contribution in [1.82, 2.24) is 0 Å². The van der Waals surface area contributed by atoms with Crippen LogP contribution in [0.5, 0.6) is 5.75 Å². The third-order valence-electron chi connectivity index (χ3n) is 2.83. The van der Waals surface area contributed by atoms with Crippen LogP contribution in [0.15, 0.2) is 47.1 Å². The third-order valence-corrected chi connectivity index (χ3v) is 3.72. The third kappa shape index (κ3) is 4.43. The summed E-state index contributed by atoms with van der Waals surface area (Å²) < 4.78 is 10.9. The molecule has 0 aliphatic heterocycles. The van der Waals surface area contributed by atoms with Crippen molar-refractivity contribution < 1.29 is 9.15 Å². The minimum absolute atomic E-state index is 0.178. The van der Waals surface area contributed by atoms with Crippen molar-refractivity contribution in [3.05, 3.63) is 48.4 Å². The Hall–Kier alpha value is -2.12. The largest absolute Gasteiger partial charge is 0.495 e. The van der Waals surface area contributed by atoms with Crippen LogP contribution in [0.2, 0.25) is 19.6 Å². The Morgan fingerprint density at radius 3 is 2.52 bits per heavy atom. The molecule has 4 heteroatoms. The van der Waals surface area contributed by atoms with E-state index >= 15 is 0 Å². The van der Waals surface area contributed by atoms with Crippen molar-refractivity contribution in [3.8, 4) is 17.2 Å². The highest BCUT2D eigenvalue weighted by atomic mass is 28.3. The molecular formula is C17H21NO2Si. The van der Waals surface area contributed by atoms with Gasteiger partial charge >= 0.3 is 0 Å². The van der Waals surface area contributed by atoms with Crippen LogP contribution in [0.3, 0.4) is 0 Å². The Kier molecular flexibility index (Phi) is 4.76. The predicted molar refractivity (Wildman–Crippen MR) is 89.2 cm³/mol. The molecule has 0 radical (unpaired) electrons. The lowest BCUT2D eigenvalue weighted by Gasteiger charge is -2.16. The number of hydrogen-bond donors (Lipinski definition) is 1. The first-order valence-corrected chi connectivity index (χ1v) is 10.5. The first-order chi connectivity index (χ1) is 9.99. The van der Waals surface area contributed by atoms with Crippen LogP contribution in [0.1, 0.15) is 11.8 Å². The maximum absolute atomic E-state index is 5.52. The second-order valence-electron chi connectivity index (χ2n) is 5.81. The monoisotopic (exact) mass is 299 g/mol. The highest BCUT2D eigenvalue weighted by Crippen LogP contribution is 2.27. The number of para-hydroxylation sites is 2. The highest BCUT2D eigenvalue weighted by molar-refractivity contribution is 6.83. The summed E-state index contributed by atoms with van der Waals surface area (Å²) in [6.45, 7) is 6.67. The van der Waals surface area contributed by atoms with Crippen molar-refractivity contribution in [1.29, 1.82) is 0 Å². The fourth-order valence-corrected chi connectivity index (χ4v) is 2.42. The van der Waals surface area contributed by atoms with Crippen LogP contribution < -0.4 is 10.1 Å². The van der Waals surface area contributed by atoms with Crippen molar-refractivity contribution in [2.24, 2.45) is 0 Å². The van der Waals surface area contributed by atoms with Gasteiger partial charge in [0, 0.05) is 0 Å². The SMILES string of the molecule is COc1ccccc1N[C@H](C#C[Si](C)(C)C)c1ccco1. The summed E-state index contributed by atoms with van der Waals surface area (Å²) in [5, 5.41) is 3.40. The quantitative estimate of drug-likeness (QED) is 0.674. The Balaban J connectivity index is 2.30. The molecule has 0 bridgehead atoms. The van der Waals surface area contributed by atoms with E-state index in [1.54, 1.807) is 13.4 Å². The molecule has 21 heavy (non-hydrogen) atoms. The molecule has 0 aliphatic rings. The molecule has 1 N–H and O–H groups in total. The Morgan fingerprint density at radius 1 is 1.14 bits per heavy atom. The van der Waals surface area contributed by atoms with E-state index in [1.807, 2.05) is 36.4 Å². The minimum Gasteiger partial charge on any atom is -0.495 e. The van der Waals surface area contributed by atoms with E-state index in [2.05, 4.69) is 36.4 Å². The standard InChI is InChI=1S/C17H21NO2Si/c1-19-16-9-6-5-8-14(16)18-15(11-13-21(2,3)4)17-10-7-12-20-17/h5-10,12,15,18H,1-4H3/t15-/m1/s1. The van der Waals surface area contributed by atoms with E-state index in [-0.39, 0.29) is 6.04 Å². The van der Waals surface area contributed by atoms with Gasteiger partial charge in [-0.15, -0.1) is 5.54 Å². The van der Waals surface area contributed by atoms with Gasteiger partial charge < -0.3 is 14.5 Å². The second-order valence-corrected chi connectivity index (χ2v) is 10.6. The molecule has 0 fully saturated rings. The van der Waals surface area contributed by atoms with Gasteiger partial charge in [0.2, 0.25) is 0 Å². The van der Waals surface area contributed by atoms with Crippen molar-refractivity contribution in [3.63, 3.8) is 0 Å². The number of methoxy groups -OCH3 is 1. The van der Waals surface area contributed by atoms with Crippen LogP contribution >= 0.6 is 0 Å². The summed E-state index contributed by atoms with van der Waals surface area (Å²) in [5.41, 5.74) is 4.30. The van der Waals surface area contributed by atoms with Gasteiger partial charge in [-0.25, -0.2) is 0 Å². The van der Waals surface area contributed by atoms with Gasteiger partial charge in [-0.1, -0.05) is 37.7 Å². The van der Waals surface area contributed by atoms with Crippen LogP contribution in [0, 0.1) is 11.5 Å². The van der Waals surface area contributed by atoms with Gasteiger partial charge in [0.15, 0.2) is 0 Å². The molecule has 0 spiro atoms. The second kappa shape index (κ2) is 6.55. The van der Waals surface area contributed by atoms with Crippen LogP contribution in [0.25, 0.3) is 0 Å². The van der Waals surface area contributed by atoms with E-state index in [4.69, 9.17) is 9.15 Å². The van der Waals surface area contributed by atoms with Gasteiger partial charge in [0.1, 0.15) is 25.6 Å². The van der Waals surface area contributed by atoms with Crippen molar-refractivity contribution >= 4 is 13.8 Å². The molecule has 110 valence electrons. The average Bonchev–Trinajstić information content (AvgIpc) is 2.97. The number of ether oxygens (including phenoxy) is 1. The topological polar surface area (TPSA) is 34.4 Å². The molecule has 0 amide bonds. The zero-order valence-electron chi connectivity index (χ0n) is 12.9. The lowest BCUT2D eigenvalue weighted by molar-refractivity contribution is 0.416. The van der Waals surface area contributed by atoms with E-state index in [0.717, 1.165) is 17.2 Å². The van der Waals surface area contributed by atoms with E-state index in [9.17, 15) is 0 Å². The molecular weight excluding hydrogens is 278 g/mol. The summed E-state index contributed by atoms with van der Waals surface area (Å²) in [6, 6.07) is 11.4. The Bertz CT molecular complexity index is 633. The molecule has 2 aromatic rings. The van der Waals surface area contributed by atoms with Gasteiger partial charge in [-0.2, -0.15) is 0 Å². The summed E-state index contributed by atoms with van der Waals surface area (Å²) in [7, 11) is 0.217. The van der Waals surface area contributed by atoms with Crippen LogP contribution in [0.4, 0.5) is 5.69 Å². The molecule has 1 aromatic heterocycles. The molecule has 3 nitrogen and oxygen atoms in total. The average molecular weight is 299 g/mol. The van der Waals surface area contributed by atoms with Gasteiger partial charge in [0.25, 0.3) is 0 Å². The number of benzene rings is 1. The van der Waals surface area contributed by atoms with E-state index < -0.39 is 8.07 Å². The predicted octanol–water partition coefficient (Wildman–Crippen LogP) is 4.32. The zero-order chi connectivity index (χ0) is 15.3. The smallest absolute Gasteiger partial charge is 0.146 e. The molecule has 1 atom stereocenters. The first kappa shape index (κ1) is 15.3. The number of anilines is 1. The van der Waals surface area contributed by atoms with E-state index in [0.29, 0.717) is 0 Å². The normalized spacial score (nSPS) is 12.2. The maximum Gasteiger partial charge on any atom is 0.146 e. The minimum atomic E-state index is -1.45. The van der Waals surface area contributed by atoms with Crippen LogP contribution in [-0.2, 0) is 0 Å². The molecule has 2 rings (SSSR count). The fourth-order valence-electron chi connectivity index (χ4n) is 1.84. The molecule has 0 saturated carbocycles. The van der Waals surface area contributed by atoms with Gasteiger partial charge in [0.05, 0.1) is 19.1 Å². The van der Waals surface area contributed by atoms with E-state index in [1.165, 1.54) is 0 Å². The Labute approximate surface area is 127 Å². The zero-order valence-corrected chi connectivity index (χ0v) is 13.9. The highest BCUT2D eigenvalue weighted by Gasteiger charge is 2.15. The summed E-state index contributed by atoms with van der Waals surface area (Å²) >= 11 is 0. The number of nitrogens with one attached hydrogen (secondary N) is 1. The molecule has 0 unspecified atom stereocenters. The molecule has 0 aliphatic carbocycles. The maximum atomic E-state index is 5.52. The molecule has 1 heterocycles.